The molecule has 2 rings (SSSR count). The molecule has 1 aliphatic heterocycles. The highest BCUT2D eigenvalue weighted by Crippen LogP contribution is 2.37. The van der Waals surface area contributed by atoms with Crippen LogP contribution in [0.25, 0.3) is 0 Å². The maximum atomic E-state index is 10.7. The Bertz CT molecular complexity index is 387. The molecule has 4 heteroatoms. The minimum absolute atomic E-state index is 0.183. The van der Waals surface area contributed by atoms with E-state index in [-0.39, 0.29) is 6.79 Å². The summed E-state index contributed by atoms with van der Waals surface area (Å²) in [5.41, 5.74) is 1.28. The number of fused-ring (bicyclic) bond motifs is 1. The molecule has 0 unspecified atom stereocenters. The monoisotopic (exact) mass is 191 g/mol. The summed E-state index contributed by atoms with van der Waals surface area (Å²) < 4.78 is 10.4. The third-order valence-corrected chi connectivity index (χ3v) is 2.11. The van der Waals surface area contributed by atoms with Gasteiger partial charge in [0.2, 0.25) is 6.79 Å². The van der Waals surface area contributed by atoms with Crippen molar-refractivity contribution in [2.75, 3.05) is 6.79 Å². The number of benzene rings is 1. The molecule has 0 spiro atoms. The Labute approximate surface area is 81.0 Å². The molecule has 72 valence electrons. The molecule has 0 amide bonds. The van der Waals surface area contributed by atoms with Gasteiger partial charge >= 0.3 is 0 Å². The fraction of sp³-hybridized carbons (Fsp3) is 0.200. The lowest BCUT2D eigenvalue weighted by molar-refractivity contribution is 0.112. The largest absolute Gasteiger partial charge is 0.454 e. The van der Waals surface area contributed by atoms with Crippen molar-refractivity contribution in [1.82, 2.24) is 0 Å². The van der Waals surface area contributed by atoms with Crippen LogP contribution in [-0.2, 0) is 6.42 Å². The first-order valence-corrected chi connectivity index (χ1v) is 4.22. The average molecular weight is 191 g/mol. The lowest BCUT2D eigenvalue weighted by atomic mass is 10.0. The summed E-state index contributed by atoms with van der Waals surface area (Å²) in [4.78, 5) is 10.7. The standard InChI is InChI=1S/C10H9NO3/c11-4-3-8-7(5-12)1-2-9-10(8)14-6-13-9/h1-2,4-5,11H,3,6H2. The van der Waals surface area contributed by atoms with Gasteiger partial charge in [0, 0.05) is 17.5 Å². The number of nitrogens with one attached hydrogen (secondary N) is 1. The molecule has 0 saturated heterocycles. The lowest BCUT2D eigenvalue weighted by Gasteiger charge is -2.05. The molecule has 0 aliphatic carbocycles. The fourth-order valence-corrected chi connectivity index (χ4v) is 1.47. The van der Waals surface area contributed by atoms with Crippen LogP contribution < -0.4 is 9.47 Å². The molecule has 0 atom stereocenters. The van der Waals surface area contributed by atoms with Gasteiger partial charge in [0.25, 0.3) is 0 Å². The van der Waals surface area contributed by atoms with E-state index in [4.69, 9.17) is 14.9 Å². The second kappa shape index (κ2) is 3.49. The van der Waals surface area contributed by atoms with Crippen molar-refractivity contribution in [3.05, 3.63) is 23.3 Å². The number of carbonyl (C=O) groups excluding carboxylic acids is 1. The smallest absolute Gasteiger partial charge is 0.231 e. The molecule has 0 radical (unpaired) electrons. The van der Waals surface area contributed by atoms with Crippen LogP contribution in [-0.4, -0.2) is 19.3 Å². The SMILES string of the molecule is N=CCc1c(C=O)ccc2c1OCO2. The molecule has 14 heavy (non-hydrogen) atoms. The van der Waals surface area contributed by atoms with E-state index >= 15 is 0 Å². The predicted molar refractivity (Wildman–Crippen MR) is 50.4 cm³/mol. The van der Waals surface area contributed by atoms with E-state index in [9.17, 15) is 4.79 Å². The Balaban J connectivity index is 2.55. The van der Waals surface area contributed by atoms with Crippen LogP contribution >= 0.6 is 0 Å². The van der Waals surface area contributed by atoms with Crippen molar-refractivity contribution in [3.8, 4) is 11.5 Å². The highest BCUT2D eigenvalue weighted by atomic mass is 16.7. The number of hydrogen-bond acceptors (Lipinski definition) is 4. The maximum absolute atomic E-state index is 10.7. The van der Waals surface area contributed by atoms with E-state index in [0.717, 1.165) is 11.8 Å². The molecule has 0 saturated carbocycles. The van der Waals surface area contributed by atoms with Crippen LogP contribution in [0.5, 0.6) is 11.5 Å². The van der Waals surface area contributed by atoms with E-state index in [1.807, 2.05) is 0 Å². The number of aldehydes is 1. The van der Waals surface area contributed by atoms with Gasteiger partial charge < -0.3 is 14.9 Å². The van der Waals surface area contributed by atoms with Crippen molar-refractivity contribution in [3.63, 3.8) is 0 Å². The number of carbonyl (C=O) groups is 1. The summed E-state index contributed by atoms with van der Waals surface area (Å²) in [6, 6.07) is 3.39. The number of ether oxygens (including phenoxy) is 2. The van der Waals surface area contributed by atoms with Gasteiger partial charge in [-0.05, 0) is 18.3 Å². The first-order chi connectivity index (χ1) is 6.86. The summed E-state index contributed by atoms with van der Waals surface area (Å²) in [6.45, 7) is 0.183. The highest BCUT2D eigenvalue weighted by Gasteiger charge is 2.19. The maximum Gasteiger partial charge on any atom is 0.231 e. The van der Waals surface area contributed by atoms with E-state index in [1.54, 1.807) is 12.1 Å². The van der Waals surface area contributed by atoms with Gasteiger partial charge in [-0.25, -0.2) is 0 Å². The topological polar surface area (TPSA) is 59.4 Å². The Morgan fingerprint density at radius 2 is 2.29 bits per heavy atom. The summed E-state index contributed by atoms with van der Waals surface area (Å²) in [5, 5.41) is 7.04. The number of rotatable bonds is 3. The van der Waals surface area contributed by atoms with Gasteiger partial charge in [0.05, 0.1) is 0 Å². The Kier molecular flexibility index (Phi) is 2.18. The zero-order valence-corrected chi connectivity index (χ0v) is 7.45. The van der Waals surface area contributed by atoms with Gasteiger partial charge in [-0.1, -0.05) is 0 Å². The minimum Gasteiger partial charge on any atom is -0.454 e. The second-order valence-electron chi connectivity index (χ2n) is 2.89. The Morgan fingerprint density at radius 1 is 1.43 bits per heavy atom. The molecule has 0 bridgehead atoms. The molecule has 1 N–H and O–H groups in total. The van der Waals surface area contributed by atoms with Crippen LogP contribution in [0.15, 0.2) is 12.1 Å². The van der Waals surface area contributed by atoms with Crippen LogP contribution in [0.2, 0.25) is 0 Å². The van der Waals surface area contributed by atoms with Crippen LogP contribution in [0, 0.1) is 5.41 Å². The van der Waals surface area contributed by atoms with E-state index in [2.05, 4.69) is 0 Å². The molecular formula is C10H9NO3. The molecular weight excluding hydrogens is 182 g/mol. The Hall–Kier alpha value is -1.84. The number of hydrogen-bond donors (Lipinski definition) is 1. The zero-order chi connectivity index (χ0) is 9.97. The zero-order valence-electron chi connectivity index (χ0n) is 7.45. The van der Waals surface area contributed by atoms with Crippen LogP contribution in [0.4, 0.5) is 0 Å². The second-order valence-corrected chi connectivity index (χ2v) is 2.89. The molecule has 0 aromatic heterocycles. The molecule has 1 aromatic carbocycles. The summed E-state index contributed by atoms with van der Waals surface area (Å²) in [6.07, 6.45) is 2.39. The van der Waals surface area contributed by atoms with Crippen molar-refractivity contribution < 1.29 is 14.3 Å². The van der Waals surface area contributed by atoms with E-state index < -0.39 is 0 Å². The third kappa shape index (κ3) is 1.25. The molecule has 0 fully saturated rings. The summed E-state index contributed by atoms with van der Waals surface area (Å²) in [5.74, 6) is 1.24. The third-order valence-electron chi connectivity index (χ3n) is 2.11. The van der Waals surface area contributed by atoms with E-state index in [1.165, 1.54) is 6.21 Å². The van der Waals surface area contributed by atoms with Crippen LogP contribution in [0.1, 0.15) is 15.9 Å². The van der Waals surface area contributed by atoms with Crippen molar-refractivity contribution in [2.45, 2.75) is 6.42 Å². The summed E-state index contributed by atoms with van der Waals surface area (Å²) in [7, 11) is 0. The molecule has 1 aliphatic rings. The van der Waals surface area contributed by atoms with Crippen molar-refractivity contribution >= 4 is 12.5 Å². The average Bonchev–Trinajstić information content (AvgIpc) is 2.67. The fourth-order valence-electron chi connectivity index (χ4n) is 1.47. The van der Waals surface area contributed by atoms with Crippen molar-refractivity contribution in [2.24, 2.45) is 0 Å². The predicted octanol–water partition coefficient (Wildman–Crippen LogP) is 1.42. The van der Waals surface area contributed by atoms with Gasteiger partial charge in [0.15, 0.2) is 11.5 Å². The first kappa shape index (κ1) is 8.74. The first-order valence-electron chi connectivity index (χ1n) is 4.22. The lowest BCUT2D eigenvalue weighted by Crippen LogP contribution is -1.97. The molecule has 1 heterocycles. The molecule has 4 nitrogen and oxygen atoms in total. The van der Waals surface area contributed by atoms with Gasteiger partial charge in [-0.3, -0.25) is 4.79 Å². The minimum atomic E-state index is 0.183. The normalized spacial score (nSPS) is 12.6. The highest BCUT2D eigenvalue weighted by molar-refractivity contribution is 5.82. The van der Waals surface area contributed by atoms with Gasteiger partial charge in [-0.2, -0.15) is 0 Å². The van der Waals surface area contributed by atoms with E-state index in [0.29, 0.717) is 23.5 Å². The van der Waals surface area contributed by atoms with Crippen molar-refractivity contribution in [1.29, 1.82) is 5.41 Å². The van der Waals surface area contributed by atoms with Gasteiger partial charge in [-0.15, -0.1) is 0 Å². The molecule has 1 aromatic rings. The summed E-state index contributed by atoms with van der Waals surface area (Å²) >= 11 is 0. The van der Waals surface area contributed by atoms with Gasteiger partial charge in [0.1, 0.15) is 6.29 Å². The van der Waals surface area contributed by atoms with Crippen LogP contribution in [0.3, 0.4) is 0 Å². The Morgan fingerprint density at radius 3 is 3.00 bits per heavy atom. The quantitative estimate of drug-likeness (QED) is 0.580.